The highest BCUT2D eigenvalue weighted by Crippen LogP contribution is 2.25. The first kappa shape index (κ1) is 23.7. The maximum atomic E-state index is 7.81. The van der Waals surface area contributed by atoms with Crippen molar-refractivity contribution in [1.82, 2.24) is 4.58 Å². The SMILES string of the molecule is CC(C)N(c1c([B-](Cl)(c2ccccc2)c2ccccc2)c1=[N+](C(C)C)C(C)C)C(C)C. The van der Waals surface area contributed by atoms with Gasteiger partial charge in [-0.25, -0.2) is 4.58 Å². The molecule has 0 aromatic heterocycles. The molecule has 0 aliphatic heterocycles. The summed E-state index contributed by atoms with van der Waals surface area (Å²) in [6.45, 7) is 18.3. The van der Waals surface area contributed by atoms with Gasteiger partial charge >= 0.3 is 0 Å². The van der Waals surface area contributed by atoms with E-state index in [0.717, 1.165) is 0 Å². The highest BCUT2D eigenvalue weighted by Gasteiger charge is 2.44. The second kappa shape index (κ2) is 9.24. The summed E-state index contributed by atoms with van der Waals surface area (Å²) in [6.07, 6.45) is 0. The predicted molar refractivity (Wildman–Crippen MR) is 140 cm³/mol. The lowest BCUT2D eigenvalue weighted by molar-refractivity contribution is 0.429. The summed E-state index contributed by atoms with van der Waals surface area (Å²) >= 11 is 7.81. The molecular weight excluding hydrogens is 399 g/mol. The van der Waals surface area contributed by atoms with E-state index < -0.39 is 5.56 Å². The highest BCUT2D eigenvalue weighted by atomic mass is 35.5. The van der Waals surface area contributed by atoms with Gasteiger partial charge in [-0.2, -0.15) is 10.9 Å². The van der Waals surface area contributed by atoms with Crippen LogP contribution in [0.25, 0.3) is 0 Å². The first-order chi connectivity index (χ1) is 14.6. The average Bonchev–Trinajstić information content (AvgIpc) is 3.41. The zero-order chi connectivity index (χ0) is 22.9. The van der Waals surface area contributed by atoms with Crippen LogP contribution in [0.1, 0.15) is 55.4 Å². The summed E-state index contributed by atoms with van der Waals surface area (Å²) in [7, 11) is 0. The summed E-state index contributed by atoms with van der Waals surface area (Å²) in [5, 5.41) is 1.34. The minimum absolute atomic E-state index is 0.395. The number of hydrogen-bond acceptors (Lipinski definition) is 1. The molecule has 4 heteroatoms. The van der Waals surface area contributed by atoms with E-state index in [1.165, 1.54) is 27.4 Å². The number of anilines is 1. The number of benzene rings is 2. The summed E-state index contributed by atoms with van der Waals surface area (Å²) in [5.74, 6) is 0. The van der Waals surface area contributed by atoms with Gasteiger partial charge in [0.15, 0.2) is 10.9 Å². The van der Waals surface area contributed by atoms with Crippen LogP contribution in [0.2, 0.25) is 0 Å². The van der Waals surface area contributed by atoms with Crippen LogP contribution in [-0.2, 0) is 0 Å². The molecule has 31 heavy (non-hydrogen) atoms. The second-order valence-corrected chi connectivity index (χ2v) is 10.5. The molecule has 3 aromatic carbocycles. The van der Waals surface area contributed by atoms with E-state index in [9.17, 15) is 0 Å². The fraction of sp³-hybridized carbons (Fsp3) is 0.444. The first-order valence-electron chi connectivity index (χ1n) is 11.8. The summed E-state index contributed by atoms with van der Waals surface area (Å²) in [4.78, 5) is 2.55. The lowest BCUT2D eigenvalue weighted by Crippen LogP contribution is -2.63. The maximum Gasteiger partial charge on any atom is 0.189 e. The zero-order valence-corrected chi connectivity index (χ0v) is 21.2. The summed E-state index contributed by atoms with van der Waals surface area (Å²) < 4.78 is 2.55. The smallest absolute Gasteiger partial charge is 0.189 e. The van der Waals surface area contributed by atoms with Crippen molar-refractivity contribution in [2.45, 2.75) is 79.6 Å². The molecule has 0 atom stereocenters. The normalized spacial score (nSPS) is 12.5. The van der Waals surface area contributed by atoms with Crippen molar-refractivity contribution in [2.75, 3.05) is 4.90 Å². The Morgan fingerprint density at radius 2 is 1.06 bits per heavy atom. The number of nitrogens with zero attached hydrogens (tertiary/aromatic N) is 2. The molecule has 2 nitrogen and oxygen atoms in total. The first-order valence-corrected chi connectivity index (χ1v) is 12.2. The molecule has 0 saturated carbocycles. The molecule has 0 amide bonds. The van der Waals surface area contributed by atoms with Crippen LogP contribution >= 0.6 is 11.5 Å². The van der Waals surface area contributed by atoms with Gasteiger partial charge < -0.3 is 16.4 Å². The standard InChI is InChI=1S/C27H38BClN2/c1-19(2)30(20(3)4)26-25(27(26)31(21(5)6)22(7)8)28(29,23-15-11-9-12-16-23)24-17-13-10-14-18-24/h9-22H,1-8H3. The predicted octanol–water partition coefficient (Wildman–Crippen LogP) is 3.98. The Morgan fingerprint density at radius 1 is 0.677 bits per heavy atom. The average molecular weight is 437 g/mol. The molecule has 0 heterocycles. The van der Waals surface area contributed by atoms with E-state index in [-0.39, 0.29) is 0 Å². The van der Waals surface area contributed by atoms with Crippen molar-refractivity contribution >= 4 is 39.1 Å². The Labute approximate surface area is 194 Å². The van der Waals surface area contributed by atoms with Gasteiger partial charge in [0, 0.05) is 12.1 Å². The number of halogens is 1. The van der Waals surface area contributed by atoms with Gasteiger partial charge in [0.05, 0.1) is 5.69 Å². The van der Waals surface area contributed by atoms with E-state index in [2.05, 4.69) is 126 Å². The summed E-state index contributed by atoms with van der Waals surface area (Å²) in [6, 6.07) is 22.9. The minimum atomic E-state index is -1.60. The monoisotopic (exact) mass is 436 g/mol. The van der Waals surface area contributed by atoms with E-state index >= 15 is 0 Å². The molecule has 3 aromatic rings. The van der Waals surface area contributed by atoms with Gasteiger partial charge in [-0.15, -0.1) is 0 Å². The van der Waals surface area contributed by atoms with Gasteiger partial charge in [0.1, 0.15) is 12.1 Å². The second-order valence-electron chi connectivity index (χ2n) is 9.88. The molecule has 166 valence electrons. The Morgan fingerprint density at radius 3 is 1.39 bits per heavy atom. The van der Waals surface area contributed by atoms with E-state index in [0.29, 0.717) is 24.2 Å². The summed E-state index contributed by atoms with van der Waals surface area (Å²) in [5.41, 5.74) is 3.41. The Kier molecular flexibility index (Phi) is 7.06. The lowest BCUT2D eigenvalue weighted by atomic mass is 9.36. The Balaban J connectivity index is 2.42. The molecule has 0 N–H and O–H groups in total. The molecule has 0 saturated heterocycles. The van der Waals surface area contributed by atoms with Gasteiger partial charge in [-0.3, -0.25) is 0 Å². The largest absolute Gasteiger partial charge is 0.371 e. The van der Waals surface area contributed by atoms with Crippen LogP contribution in [0.5, 0.6) is 0 Å². The van der Waals surface area contributed by atoms with Crippen molar-refractivity contribution in [3.8, 4) is 0 Å². The van der Waals surface area contributed by atoms with E-state index in [4.69, 9.17) is 11.5 Å². The van der Waals surface area contributed by atoms with Gasteiger partial charge in [0.2, 0.25) is 0 Å². The van der Waals surface area contributed by atoms with Crippen molar-refractivity contribution in [1.29, 1.82) is 0 Å². The molecule has 0 unspecified atom stereocenters. The molecular formula is C27H38BClN2. The Hall–Kier alpha value is -2.00. The van der Waals surface area contributed by atoms with Crippen LogP contribution in [0.4, 0.5) is 5.69 Å². The van der Waals surface area contributed by atoms with Crippen molar-refractivity contribution in [2.24, 2.45) is 0 Å². The quantitative estimate of drug-likeness (QED) is 0.382. The van der Waals surface area contributed by atoms with Crippen LogP contribution in [0.3, 0.4) is 0 Å². The van der Waals surface area contributed by atoms with Crippen LogP contribution in [-0.4, -0.2) is 29.7 Å². The highest BCUT2D eigenvalue weighted by molar-refractivity contribution is 7.41. The fourth-order valence-electron chi connectivity index (χ4n) is 5.27. The van der Waals surface area contributed by atoms with E-state index in [1.54, 1.807) is 0 Å². The zero-order valence-electron chi connectivity index (χ0n) is 20.4. The number of hydrogen-bond donors (Lipinski definition) is 0. The Bertz CT molecular complexity index is 955. The van der Waals surface area contributed by atoms with Crippen molar-refractivity contribution in [3.63, 3.8) is 0 Å². The minimum Gasteiger partial charge on any atom is -0.371 e. The van der Waals surface area contributed by atoms with E-state index in [1.807, 2.05) is 0 Å². The van der Waals surface area contributed by atoms with Crippen LogP contribution in [0, 0.1) is 0 Å². The molecule has 0 bridgehead atoms. The molecule has 0 fully saturated rings. The maximum absolute atomic E-state index is 7.81. The van der Waals surface area contributed by atoms with Crippen LogP contribution in [0.15, 0.2) is 60.7 Å². The molecule has 0 radical (unpaired) electrons. The van der Waals surface area contributed by atoms with Gasteiger partial charge in [-0.05, 0) is 55.4 Å². The third-order valence-electron chi connectivity index (χ3n) is 6.33. The van der Waals surface area contributed by atoms with Gasteiger partial charge in [-0.1, -0.05) is 66.1 Å². The molecule has 3 rings (SSSR count). The third kappa shape index (κ3) is 4.35. The number of rotatable bonds is 8. The van der Waals surface area contributed by atoms with Crippen molar-refractivity contribution in [3.05, 3.63) is 66.0 Å². The van der Waals surface area contributed by atoms with Gasteiger partial charge in [0.25, 0.3) is 0 Å². The lowest BCUT2D eigenvalue weighted by Gasteiger charge is -2.35. The third-order valence-corrected chi connectivity index (χ3v) is 7.05. The topological polar surface area (TPSA) is 6.25 Å². The van der Waals surface area contributed by atoms with Crippen LogP contribution < -0.4 is 31.2 Å². The molecule has 0 spiro atoms. The van der Waals surface area contributed by atoms with Crippen molar-refractivity contribution < 1.29 is 0 Å². The fourth-order valence-corrected chi connectivity index (χ4v) is 5.77. The molecule has 0 aliphatic carbocycles. The molecule has 0 aliphatic rings.